The number of nitrogens with one attached hydrogen (secondary N) is 1. The summed E-state index contributed by atoms with van der Waals surface area (Å²) in [5.41, 5.74) is 3.66. The van der Waals surface area contributed by atoms with Crippen molar-refractivity contribution in [2.24, 2.45) is 0 Å². The lowest BCUT2D eigenvalue weighted by molar-refractivity contribution is -0.142. The maximum absolute atomic E-state index is 13.7. The molecule has 2 amide bonds. The number of hydrogen-bond acceptors (Lipinski definition) is 3. The van der Waals surface area contributed by atoms with Crippen molar-refractivity contribution in [1.29, 1.82) is 0 Å². The third kappa shape index (κ3) is 8.61. The van der Waals surface area contributed by atoms with Crippen molar-refractivity contribution in [2.45, 2.75) is 52.6 Å². The van der Waals surface area contributed by atoms with E-state index in [0.717, 1.165) is 39.6 Å². The molecule has 0 bridgehead atoms. The Bertz CT molecular complexity index is 1180. The highest BCUT2D eigenvalue weighted by Gasteiger charge is 2.30. The van der Waals surface area contributed by atoms with Crippen molar-refractivity contribution >= 4 is 39.3 Å². The summed E-state index contributed by atoms with van der Waals surface area (Å²) < 4.78 is 6.82. The summed E-state index contributed by atoms with van der Waals surface area (Å²) >= 11 is 9.81. The van der Waals surface area contributed by atoms with Gasteiger partial charge in [0.05, 0.1) is 0 Å². The lowest BCUT2D eigenvalue weighted by Gasteiger charge is -2.31. The molecule has 0 radical (unpaired) electrons. The second-order valence-electron chi connectivity index (χ2n) is 9.16. The Morgan fingerprint density at radius 1 is 1.00 bits per heavy atom. The number of nitrogens with zero attached hydrogens (tertiary/aromatic N) is 1. The Labute approximate surface area is 233 Å². The standard InChI is InChI=1S/C30H34BrClN2O3/c1-4-5-14-33-30(36)27(18-23-10-7-6-8-11-23)34(19-24-12-9-13-25(31)17-24)28(35)20-37-26-15-21(2)29(32)22(3)16-26/h6-13,15-17,27H,4-5,14,18-20H2,1-3H3,(H,33,36)/t27-/m0/s1. The van der Waals surface area contributed by atoms with E-state index < -0.39 is 6.04 Å². The van der Waals surface area contributed by atoms with E-state index in [4.69, 9.17) is 16.3 Å². The van der Waals surface area contributed by atoms with Crippen molar-refractivity contribution in [2.75, 3.05) is 13.2 Å². The highest BCUT2D eigenvalue weighted by molar-refractivity contribution is 9.10. The monoisotopic (exact) mass is 584 g/mol. The molecule has 0 heterocycles. The topological polar surface area (TPSA) is 58.6 Å². The first kappa shape index (κ1) is 28.7. The number of amides is 2. The van der Waals surface area contributed by atoms with Gasteiger partial charge in [-0.1, -0.05) is 83.3 Å². The van der Waals surface area contributed by atoms with Crippen LogP contribution in [0.25, 0.3) is 0 Å². The van der Waals surface area contributed by atoms with Gasteiger partial charge in [0.1, 0.15) is 11.8 Å². The van der Waals surface area contributed by atoms with Gasteiger partial charge < -0.3 is 15.0 Å². The molecule has 0 aliphatic rings. The van der Waals surface area contributed by atoms with Crippen molar-refractivity contribution in [3.8, 4) is 5.75 Å². The number of carbonyl (C=O) groups is 2. The summed E-state index contributed by atoms with van der Waals surface area (Å²) in [6, 6.07) is 20.5. The fourth-order valence-corrected chi connectivity index (χ4v) is 4.67. The molecule has 3 rings (SSSR count). The minimum Gasteiger partial charge on any atom is -0.484 e. The van der Waals surface area contributed by atoms with Crippen LogP contribution in [0.4, 0.5) is 0 Å². The smallest absolute Gasteiger partial charge is 0.261 e. The van der Waals surface area contributed by atoms with Crippen LogP contribution < -0.4 is 10.1 Å². The van der Waals surface area contributed by atoms with E-state index >= 15 is 0 Å². The number of unbranched alkanes of at least 4 members (excludes halogenated alkanes) is 1. The molecule has 37 heavy (non-hydrogen) atoms. The van der Waals surface area contributed by atoms with Gasteiger partial charge in [-0.3, -0.25) is 9.59 Å². The first-order valence-corrected chi connectivity index (χ1v) is 13.7. The quantitative estimate of drug-likeness (QED) is 0.242. The Morgan fingerprint density at radius 3 is 2.32 bits per heavy atom. The van der Waals surface area contributed by atoms with Crippen molar-refractivity contribution in [3.05, 3.63) is 98.5 Å². The number of hydrogen-bond donors (Lipinski definition) is 1. The van der Waals surface area contributed by atoms with E-state index in [1.54, 1.807) is 4.90 Å². The van der Waals surface area contributed by atoms with Gasteiger partial charge >= 0.3 is 0 Å². The summed E-state index contributed by atoms with van der Waals surface area (Å²) in [5.74, 6) is 0.137. The highest BCUT2D eigenvalue weighted by Crippen LogP contribution is 2.26. The van der Waals surface area contributed by atoms with E-state index in [9.17, 15) is 9.59 Å². The Hall–Kier alpha value is -2.83. The number of ether oxygens (including phenoxy) is 1. The molecule has 1 atom stereocenters. The van der Waals surface area contributed by atoms with E-state index in [2.05, 4.69) is 28.2 Å². The van der Waals surface area contributed by atoms with Gasteiger partial charge in [0, 0.05) is 29.0 Å². The third-order valence-electron chi connectivity index (χ3n) is 6.11. The predicted octanol–water partition coefficient (Wildman–Crippen LogP) is 6.65. The molecule has 7 heteroatoms. The Kier molecular flexibility index (Phi) is 11.0. The molecule has 3 aromatic rings. The van der Waals surface area contributed by atoms with Gasteiger partial charge in [-0.25, -0.2) is 0 Å². The van der Waals surface area contributed by atoms with Gasteiger partial charge in [0.2, 0.25) is 5.91 Å². The average molecular weight is 586 g/mol. The van der Waals surface area contributed by atoms with Crippen LogP contribution in [0.15, 0.2) is 71.2 Å². The number of carbonyl (C=O) groups excluding carboxylic acids is 2. The number of benzene rings is 3. The Balaban J connectivity index is 1.90. The summed E-state index contributed by atoms with van der Waals surface area (Å²) in [5, 5.41) is 3.72. The van der Waals surface area contributed by atoms with Crippen LogP contribution >= 0.6 is 27.5 Å². The maximum atomic E-state index is 13.7. The van der Waals surface area contributed by atoms with Crippen LogP contribution in [-0.4, -0.2) is 35.9 Å². The second-order valence-corrected chi connectivity index (χ2v) is 10.5. The van der Waals surface area contributed by atoms with Gasteiger partial charge in [0.15, 0.2) is 6.61 Å². The molecule has 0 spiro atoms. The molecule has 0 fully saturated rings. The third-order valence-corrected chi connectivity index (χ3v) is 7.20. The van der Waals surface area contributed by atoms with Crippen LogP contribution in [-0.2, 0) is 22.6 Å². The van der Waals surface area contributed by atoms with Crippen molar-refractivity contribution < 1.29 is 14.3 Å². The normalized spacial score (nSPS) is 11.6. The summed E-state index contributed by atoms with van der Waals surface area (Å²) in [6.45, 7) is 6.54. The molecule has 0 aliphatic carbocycles. The molecule has 0 aromatic heterocycles. The van der Waals surface area contributed by atoms with Crippen LogP contribution in [0, 0.1) is 13.8 Å². The van der Waals surface area contributed by atoms with Crippen molar-refractivity contribution in [1.82, 2.24) is 10.2 Å². The Morgan fingerprint density at radius 2 is 1.68 bits per heavy atom. The average Bonchev–Trinajstić information content (AvgIpc) is 2.88. The minimum absolute atomic E-state index is 0.168. The lowest BCUT2D eigenvalue weighted by Crippen LogP contribution is -2.51. The largest absolute Gasteiger partial charge is 0.484 e. The maximum Gasteiger partial charge on any atom is 0.261 e. The molecule has 0 saturated carbocycles. The molecule has 1 N–H and O–H groups in total. The van der Waals surface area contributed by atoms with E-state index in [1.807, 2.05) is 80.6 Å². The highest BCUT2D eigenvalue weighted by atomic mass is 79.9. The molecule has 196 valence electrons. The zero-order valence-electron chi connectivity index (χ0n) is 21.6. The van der Waals surface area contributed by atoms with Gasteiger partial charge in [0.25, 0.3) is 5.91 Å². The fourth-order valence-electron chi connectivity index (χ4n) is 4.11. The summed E-state index contributed by atoms with van der Waals surface area (Å²) in [4.78, 5) is 28.8. The molecular formula is C30H34BrClN2O3. The summed E-state index contributed by atoms with van der Waals surface area (Å²) in [7, 11) is 0. The molecule has 5 nitrogen and oxygen atoms in total. The van der Waals surface area contributed by atoms with Crippen LogP contribution in [0.2, 0.25) is 5.02 Å². The predicted molar refractivity (Wildman–Crippen MR) is 153 cm³/mol. The van der Waals surface area contributed by atoms with Crippen LogP contribution in [0.5, 0.6) is 5.75 Å². The molecule has 3 aromatic carbocycles. The molecular weight excluding hydrogens is 552 g/mol. The van der Waals surface area contributed by atoms with Crippen LogP contribution in [0.1, 0.15) is 42.0 Å². The van der Waals surface area contributed by atoms with Crippen molar-refractivity contribution in [3.63, 3.8) is 0 Å². The molecule has 0 unspecified atom stereocenters. The van der Waals surface area contributed by atoms with Crippen LogP contribution in [0.3, 0.4) is 0 Å². The number of rotatable bonds is 12. The second kappa shape index (κ2) is 14.2. The van der Waals surface area contributed by atoms with E-state index in [-0.39, 0.29) is 25.0 Å². The van der Waals surface area contributed by atoms with Gasteiger partial charge in [-0.2, -0.15) is 0 Å². The van der Waals surface area contributed by atoms with E-state index in [0.29, 0.717) is 23.7 Å². The number of aryl methyl sites for hydroxylation is 2. The van der Waals surface area contributed by atoms with Gasteiger partial charge in [-0.05, 0) is 66.8 Å². The SMILES string of the molecule is CCCCNC(=O)[C@H](Cc1ccccc1)N(Cc1cccc(Br)c1)C(=O)COc1cc(C)c(Cl)c(C)c1. The minimum atomic E-state index is -0.692. The zero-order valence-corrected chi connectivity index (χ0v) is 23.9. The first-order chi connectivity index (χ1) is 17.8. The molecule has 0 saturated heterocycles. The first-order valence-electron chi connectivity index (χ1n) is 12.5. The zero-order chi connectivity index (χ0) is 26.8. The summed E-state index contributed by atoms with van der Waals surface area (Å²) in [6.07, 6.45) is 2.25. The van der Waals surface area contributed by atoms with Gasteiger partial charge in [-0.15, -0.1) is 0 Å². The molecule has 0 aliphatic heterocycles. The van der Waals surface area contributed by atoms with E-state index in [1.165, 1.54) is 0 Å². The number of halogens is 2. The fraction of sp³-hybridized carbons (Fsp3) is 0.333. The lowest BCUT2D eigenvalue weighted by atomic mass is 10.0.